The number of quaternary nitrogens is 2. The molecule has 0 saturated heterocycles. The fraction of sp³-hybridized carbons (Fsp3) is 0.909. The van der Waals surface area contributed by atoms with E-state index in [0.717, 1.165) is 0 Å². The van der Waals surface area contributed by atoms with E-state index in [0.29, 0.717) is 25.7 Å². The monoisotopic (exact) mass is 590 g/mol. The average molecular weight is 592 g/mol. The van der Waals surface area contributed by atoms with E-state index >= 15 is 0 Å². The van der Waals surface area contributed by atoms with Gasteiger partial charge < -0.3 is 39.6 Å². The first-order valence-corrected chi connectivity index (χ1v) is 11.6. The van der Waals surface area contributed by atoms with Crippen LogP contribution in [-0.4, -0.2) is 82.5 Å². The summed E-state index contributed by atoms with van der Waals surface area (Å²) in [7, 11) is 0. The molecule has 208 valence electrons. The van der Waals surface area contributed by atoms with Gasteiger partial charge in [0.25, 0.3) is 0 Å². The second-order valence-corrected chi connectivity index (χ2v) is 8.33. The normalized spacial score (nSPS) is 12.1. The van der Waals surface area contributed by atoms with Crippen LogP contribution in [0.3, 0.4) is 0 Å². The maximum absolute atomic E-state index is 13.9. The van der Waals surface area contributed by atoms with Crippen molar-refractivity contribution in [2.75, 3.05) is 39.3 Å². The predicted octanol–water partition coefficient (Wildman–Crippen LogP) is -0.571. The molecule has 0 heterocycles. The second-order valence-electron chi connectivity index (χ2n) is 8.33. The van der Waals surface area contributed by atoms with Gasteiger partial charge in [-0.3, -0.25) is 8.97 Å². The molecule has 0 aromatic rings. The number of carbonyl (C=O) groups is 2. The Morgan fingerprint density at radius 3 is 0.941 bits per heavy atom. The number of alkyl halides is 4. The molecule has 0 aliphatic carbocycles. The van der Waals surface area contributed by atoms with E-state index in [4.69, 9.17) is 10.2 Å². The van der Waals surface area contributed by atoms with Crippen LogP contribution in [0.5, 0.6) is 0 Å². The molecule has 0 rings (SSSR count). The topological polar surface area (TPSA) is 74.6 Å². The Morgan fingerprint density at radius 2 is 0.824 bits per heavy atom. The molecule has 0 aromatic carbocycles. The van der Waals surface area contributed by atoms with Crippen molar-refractivity contribution in [3.05, 3.63) is 0 Å². The lowest BCUT2D eigenvalue weighted by atomic mass is 10.2. The molecule has 0 atom stereocenters. The van der Waals surface area contributed by atoms with Gasteiger partial charge in [0.1, 0.15) is 0 Å². The van der Waals surface area contributed by atoms with Crippen LogP contribution >= 0.6 is 0 Å². The Bertz CT molecular complexity index is 513. The predicted molar refractivity (Wildman–Crippen MR) is 117 cm³/mol. The number of carboxylic acids is 2. The van der Waals surface area contributed by atoms with Crippen LogP contribution in [0, 0.1) is 0 Å². The van der Waals surface area contributed by atoms with E-state index < -0.39 is 46.1 Å². The highest BCUT2D eigenvalue weighted by atomic mass is 79.9. The third kappa shape index (κ3) is 11.9. The molecule has 2 N–H and O–H groups in total. The highest BCUT2D eigenvalue weighted by molar-refractivity contribution is 5.68. The molecule has 12 heteroatoms. The maximum atomic E-state index is 13.9. The fourth-order valence-electron chi connectivity index (χ4n) is 4.33. The summed E-state index contributed by atoms with van der Waals surface area (Å²) in [5, 5.41) is 17.6. The van der Waals surface area contributed by atoms with Gasteiger partial charge in [-0.15, -0.1) is 17.6 Å². The lowest BCUT2D eigenvalue weighted by Gasteiger charge is -2.42. The van der Waals surface area contributed by atoms with Crippen LogP contribution in [0.1, 0.15) is 80.1 Å². The third-order valence-electron chi connectivity index (χ3n) is 5.72. The molecule has 34 heavy (non-hydrogen) atoms. The summed E-state index contributed by atoms with van der Waals surface area (Å²) >= 11 is 0. The summed E-state index contributed by atoms with van der Waals surface area (Å²) in [4.78, 5) is 21.6. The first kappa shape index (κ1) is 40.5. The SMILES string of the molecule is CCC[N+](CCC)(CC(=O)O)C(F)(F)CC.CCC[N+](CCC)(CC(=O)O)C(F)(F)CC.[Br-].[Cl-]. The van der Waals surface area contributed by atoms with Crippen molar-refractivity contribution in [3.63, 3.8) is 0 Å². The van der Waals surface area contributed by atoms with Gasteiger partial charge in [0.15, 0.2) is 13.1 Å². The van der Waals surface area contributed by atoms with Crippen LogP contribution in [0.15, 0.2) is 0 Å². The van der Waals surface area contributed by atoms with Crippen molar-refractivity contribution in [1.29, 1.82) is 0 Å². The van der Waals surface area contributed by atoms with Crippen LogP contribution in [-0.2, 0) is 9.59 Å². The molecular formula is C22H44BrClF4N2O4. The van der Waals surface area contributed by atoms with Crippen molar-refractivity contribution >= 4 is 11.9 Å². The van der Waals surface area contributed by atoms with Crippen LogP contribution in [0.25, 0.3) is 0 Å². The summed E-state index contributed by atoms with van der Waals surface area (Å²) in [6.07, 6.45) is 1.60. The standard InChI is InChI=1S/2C11H21F2NO2.BrH.ClH/c2*1-4-7-14(8-5-2,9-10(15)16)11(12,13)6-3;;/h2*4-9H2,1-3H3;2*1H. The molecule has 0 unspecified atom stereocenters. The summed E-state index contributed by atoms with van der Waals surface area (Å²) in [5.74, 6) is -2.31. The van der Waals surface area contributed by atoms with Gasteiger partial charge in [0.2, 0.25) is 0 Å². The first-order valence-electron chi connectivity index (χ1n) is 11.6. The zero-order valence-electron chi connectivity index (χ0n) is 21.4. The number of carboxylic acid groups (broad SMARTS) is 2. The molecule has 0 saturated carbocycles. The van der Waals surface area contributed by atoms with E-state index in [-0.39, 0.29) is 68.4 Å². The van der Waals surface area contributed by atoms with Crippen molar-refractivity contribution in [2.24, 2.45) is 0 Å². The van der Waals surface area contributed by atoms with Gasteiger partial charge in [-0.05, 0) is 25.7 Å². The minimum Gasteiger partial charge on any atom is -1.00 e. The van der Waals surface area contributed by atoms with Gasteiger partial charge in [0, 0.05) is 0 Å². The summed E-state index contributed by atoms with van der Waals surface area (Å²) < 4.78 is 54.4. The van der Waals surface area contributed by atoms with Crippen LogP contribution < -0.4 is 29.4 Å². The lowest BCUT2D eigenvalue weighted by Crippen LogP contribution is -3.00. The molecule has 0 fully saturated rings. The molecule has 0 amide bonds. The molecule has 0 aliphatic heterocycles. The maximum Gasteiger partial charge on any atom is 0.390 e. The molecule has 0 radical (unpaired) electrons. The Labute approximate surface area is 219 Å². The zero-order valence-corrected chi connectivity index (χ0v) is 23.7. The van der Waals surface area contributed by atoms with Crippen molar-refractivity contribution in [1.82, 2.24) is 0 Å². The van der Waals surface area contributed by atoms with Gasteiger partial charge in [-0.2, -0.15) is 0 Å². The van der Waals surface area contributed by atoms with Gasteiger partial charge in [-0.25, -0.2) is 9.59 Å². The fourth-order valence-corrected chi connectivity index (χ4v) is 4.33. The second kappa shape index (κ2) is 18.6. The Hall–Kier alpha value is -0.650. The molecule has 0 aliphatic rings. The van der Waals surface area contributed by atoms with E-state index in [1.54, 1.807) is 27.7 Å². The van der Waals surface area contributed by atoms with Crippen LogP contribution in [0.4, 0.5) is 17.6 Å². The van der Waals surface area contributed by atoms with Crippen molar-refractivity contribution < 1.29 is 75.7 Å². The number of halogens is 6. The van der Waals surface area contributed by atoms with Gasteiger partial charge >= 0.3 is 24.0 Å². The molecule has 0 bridgehead atoms. The molecular weight excluding hydrogens is 548 g/mol. The molecule has 0 spiro atoms. The third-order valence-corrected chi connectivity index (χ3v) is 5.72. The number of hydrogen-bond donors (Lipinski definition) is 2. The molecule has 6 nitrogen and oxygen atoms in total. The minimum atomic E-state index is -2.95. The molecule has 0 aromatic heterocycles. The number of rotatable bonds is 16. The highest BCUT2D eigenvalue weighted by Crippen LogP contribution is 2.34. The van der Waals surface area contributed by atoms with E-state index in [2.05, 4.69) is 0 Å². The van der Waals surface area contributed by atoms with Gasteiger partial charge in [0.05, 0.1) is 39.0 Å². The zero-order chi connectivity index (χ0) is 25.6. The Balaban J connectivity index is -0.000000250. The quantitative estimate of drug-likeness (QED) is 0.143. The average Bonchev–Trinajstić information content (AvgIpc) is 2.68. The van der Waals surface area contributed by atoms with Crippen molar-refractivity contribution in [3.8, 4) is 0 Å². The van der Waals surface area contributed by atoms with Gasteiger partial charge in [-0.1, -0.05) is 41.5 Å². The largest absolute Gasteiger partial charge is 1.00 e. The summed E-state index contributed by atoms with van der Waals surface area (Å²) in [6.45, 7) is 9.86. The van der Waals surface area contributed by atoms with Crippen molar-refractivity contribution in [2.45, 2.75) is 92.2 Å². The van der Waals surface area contributed by atoms with E-state index in [1.807, 2.05) is 0 Å². The smallest absolute Gasteiger partial charge is 0.390 e. The Kier molecular flexibility index (Phi) is 22.2. The van der Waals surface area contributed by atoms with E-state index in [9.17, 15) is 27.2 Å². The highest BCUT2D eigenvalue weighted by Gasteiger charge is 2.52. The number of aliphatic carboxylic acids is 2. The minimum absolute atomic E-state index is 0. The van der Waals surface area contributed by atoms with Crippen LogP contribution in [0.2, 0.25) is 0 Å². The van der Waals surface area contributed by atoms with E-state index in [1.165, 1.54) is 13.8 Å². The Morgan fingerprint density at radius 1 is 0.618 bits per heavy atom. The summed E-state index contributed by atoms with van der Waals surface area (Å²) in [6, 6.07) is -5.91. The lowest BCUT2D eigenvalue weighted by molar-refractivity contribution is -1.00. The number of nitrogens with zero attached hydrogens (tertiary/aromatic N) is 2. The number of hydrogen-bond acceptors (Lipinski definition) is 2. The summed E-state index contributed by atoms with van der Waals surface area (Å²) in [5.41, 5.74) is 0. The first-order chi connectivity index (χ1) is 14.7.